The van der Waals surface area contributed by atoms with Crippen molar-refractivity contribution in [2.24, 2.45) is 5.92 Å². The second-order valence-electron chi connectivity index (χ2n) is 4.99. The second-order valence-corrected chi connectivity index (χ2v) is 4.99. The van der Waals surface area contributed by atoms with Crippen molar-refractivity contribution < 1.29 is 4.42 Å². The van der Waals surface area contributed by atoms with E-state index in [1.54, 1.807) is 6.26 Å². The molecule has 0 saturated carbocycles. The maximum absolute atomic E-state index is 5.23. The first-order chi connectivity index (χ1) is 7.77. The SMILES string of the molecule is CC(C)C[C@@H](c1ccoc1)N1CCNCC1. The van der Waals surface area contributed by atoms with E-state index in [4.69, 9.17) is 4.42 Å². The third kappa shape index (κ3) is 2.86. The summed E-state index contributed by atoms with van der Waals surface area (Å²) in [6, 6.07) is 2.63. The topological polar surface area (TPSA) is 28.4 Å². The Morgan fingerprint density at radius 1 is 1.38 bits per heavy atom. The van der Waals surface area contributed by atoms with E-state index in [0.29, 0.717) is 6.04 Å². The minimum absolute atomic E-state index is 0.529. The smallest absolute Gasteiger partial charge is 0.0950 e. The molecule has 0 amide bonds. The molecule has 3 nitrogen and oxygen atoms in total. The summed E-state index contributed by atoms with van der Waals surface area (Å²) in [6.07, 6.45) is 4.89. The molecule has 0 radical (unpaired) electrons. The molecular weight excluding hydrogens is 200 g/mol. The summed E-state index contributed by atoms with van der Waals surface area (Å²) in [5.41, 5.74) is 1.33. The van der Waals surface area contributed by atoms with Crippen LogP contribution in [0, 0.1) is 5.92 Å². The monoisotopic (exact) mass is 222 g/mol. The molecule has 2 rings (SSSR count). The first-order valence-electron chi connectivity index (χ1n) is 6.24. The Kier molecular flexibility index (Phi) is 4.02. The zero-order valence-corrected chi connectivity index (χ0v) is 10.3. The highest BCUT2D eigenvalue weighted by atomic mass is 16.3. The van der Waals surface area contributed by atoms with E-state index in [0.717, 1.165) is 32.1 Å². The van der Waals surface area contributed by atoms with E-state index < -0.39 is 0 Å². The number of hydrogen-bond donors (Lipinski definition) is 1. The molecule has 1 aliphatic heterocycles. The zero-order valence-electron chi connectivity index (χ0n) is 10.3. The van der Waals surface area contributed by atoms with Crippen LogP contribution in [0.3, 0.4) is 0 Å². The highest BCUT2D eigenvalue weighted by Gasteiger charge is 2.23. The van der Waals surface area contributed by atoms with Gasteiger partial charge in [-0.3, -0.25) is 4.90 Å². The first-order valence-corrected chi connectivity index (χ1v) is 6.24. The van der Waals surface area contributed by atoms with Crippen molar-refractivity contribution in [2.45, 2.75) is 26.3 Å². The molecule has 0 aromatic carbocycles. The summed E-state index contributed by atoms with van der Waals surface area (Å²) in [4.78, 5) is 2.57. The lowest BCUT2D eigenvalue weighted by molar-refractivity contribution is 0.153. The first kappa shape index (κ1) is 11.7. The summed E-state index contributed by atoms with van der Waals surface area (Å²) in [5, 5.41) is 3.40. The van der Waals surface area contributed by atoms with Crippen molar-refractivity contribution in [1.29, 1.82) is 0 Å². The Bertz CT molecular complexity index is 289. The van der Waals surface area contributed by atoms with Gasteiger partial charge in [-0.2, -0.15) is 0 Å². The van der Waals surface area contributed by atoms with Crippen molar-refractivity contribution in [2.75, 3.05) is 26.2 Å². The van der Waals surface area contributed by atoms with E-state index in [-0.39, 0.29) is 0 Å². The lowest BCUT2D eigenvalue weighted by atomic mass is 9.97. The fourth-order valence-corrected chi connectivity index (χ4v) is 2.40. The van der Waals surface area contributed by atoms with Crippen LogP contribution in [-0.4, -0.2) is 31.1 Å². The van der Waals surface area contributed by atoms with Gasteiger partial charge in [0.2, 0.25) is 0 Å². The second kappa shape index (κ2) is 5.51. The molecule has 90 valence electrons. The minimum Gasteiger partial charge on any atom is -0.472 e. The molecule has 1 N–H and O–H groups in total. The van der Waals surface area contributed by atoms with Crippen LogP contribution in [0.2, 0.25) is 0 Å². The van der Waals surface area contributed by atoms with Gasteiger partial charge in [-0.15, -0.1) is 0 Å². The Morgan fingerprint density at radius 2 is 2.12 bits per heavy atom. The number of hydrogen-bond acceptors (Lipinski definition) is 3. The van der Waals surface area contributed by atoms with Gasteiger partial charge in [0.25, 0.3) is 0 Å². The number of piperazine rings is 1. The van der Waals surface area contributed by atoms with Gasteiger partial charge in [-0.25, -0.2) is 0 Å². The molecule has 2 heterocycles. The molecule has 0 aliphatic carbocycles. The predicted octanol–water partition coefficient (Wildman–Crippen LogP) is 2.27. The fourth-order valence-electron chi connectivity index (χ4n) is 2.40. The molecule has 3 heteroatoms. The highest BCUT2D eigenvalue weighted by Crippen LogP contribution is 2.28. The van der Waals surface area contributed by atoms with Crippen LogP contribution < -0.4 is 5.32 Å². The average molecular weight is 222 g/mol. The maximum Gasteiger partial charge on any atom is 0.0950 e. The number of nitrogens with zero attached hydrogens (tertiary/aromatic N) is 1. The van der Waals surface area contributed by atoms with E-state index in [9.17, 15) is 0 Å². The van der Waals surface area contributed by atoms with Gasteiger partial charge in [0.15, 0.2) is 0 Å². The van der Waals surface area contributed by atoms with E-state index in [2.05, 4.69) is 30.1 Å². The molecule has 1 atom stereocenters. The van der Waals surface area contributed by atoms with Crippen molar-refractivity contribution in [3.05, 3.63) is 24.2 Å². The standard InChI is InChI=1S/C13H22N2O/c1-11(2)9-13(12-3-8-16-10-12)15-6-4-14-5-7-15/h3,8,10-11,13-14H,4-7,9H2,1-2H3/t13-/m0/s1. The Balaban J connectivity index is 2.07. The third-order valence-corrected chi connectivity index (χ3v) is 3.21. The molecule has 1 aromatic heterocycles. The van der Waals surface area contributed by atoms with Crippen LogP contribution in [-0.2, 0) is 0 Å². The average Bonchev–Trinajstić information content (AvgIpc) is 2.80. The summed E-state index contributed by atoms with van der Waals surface area (Å²) in [6.45, 7) is 9.06. The molecule has 1 saturated heterocycles. The molecule has 1 aliphatic rings. The van der Waals surface area contributed by atoms with Crippen LogP contribution in [0.5, 0.6) is 0 Å². The van der Waals surface area contributed by atoms with Crippen LogP contribution in [0.4, 0.5) is 0 Å². The Hall–Kier alpha value is -0.800. The van der Waals surface area contributed by atoms with Crippen molar-refractivity contribution >= 4 is 0 Å². The van der Waals surface area contributed by atoms with Crippen LogP contribution in [0.1, 0.15) is 31.9 Å². The summed E-state index contributed by atoms with van der Waals surface area (Å²) in [7, 11) is 0. The molecule has 0 unspecified atom stereocenters. The summed E-state index contributed by atoms with van der Waals surface area (Å²) < 4.78 is 5.23. The van der Waals surface area contributed by atoms with Gasteiger partial charge in [0, 0.05) is 37.8 Å². The quantitative estimate of drug-likeness (QED) is 0.847. The highest BCUT2D eigenvalue weighted by molar-refractivity contribution is 5.12. The van der Waals surface area contributed by atoms with Gasteiger partial charge in [0.1, 0.15) is 0 Å². The van der Waals surface area contributed by atoms with Crippen LogP contribution in [0.25, 0.3) is 0 Å². The lowest BCUT2D eigenvalue weighted by Crippen LogP contribution is -2.45. The van der Waals surface area contributed by atoms with Crippen molar-refractivity contribution in [1.82, 2.24) is 10.2 Å². The lowest BCUT2D eigenvalue weighted by Gasteiger charge is -2.35. The van der Waals surface area contributed by atoms with Crippen LogP contribution >= 0.6 is 0 Å². The number of furan rings is 1. The molecule has 0 bridgehead atoms. The van der Waals surface area contributed by atoms with Gasteiger partial charge in [0.05, 0.1) is 12.5 Å². The zero-order chi connectivity index (χ0) is 11.4. The third-order valence-electron chi connectivity index (χ3n) is 3.21. The van der Waals surface area contributed by atoms with E-state index >= 15 is 0 Å². The largest absolute Gasteiger partial charge is 0.472 e. The summed E-state index contributed by atoms with van der Waals surface area (Å²) >= 11 is 0. The number of rotatable bonds is 4. The van der Waals surface area contributed by atoms with Gasteiger partial charge in [-0.05, 0) is 18.4 Å². The maximum atomic E-state index is 5.23. The van der Waals surface area contributed by atoms with Gasteiger partial charge >= 0.3 is 0 Å². The molecule has 1 fully saturated rings. The summed E-state index contributed by atoms with van der Waals surface area (Å²) in [5.74, 6) is 0.717. The predicted molar refractivity (Wildman–Crippen MR) is 65.3 cm³/mol. The van der Waals surface area contributed by atoms with Crippen molar-refractivity contribution in [3.8, 4) is 0 Å². The van der Waals surface area contributed by atoms with E-state index in [1.807, 2.05) is 6.26 Å². The molecular formula is C13H22N2O. The van der Waals surface area contributed by atoms with Crippen molar-refractivity contribution in [3.63, 3.8) is 0 Å². The molecule has 0 spiro atoms. The van der Waals surface area contributed by atoms with Gasteiger partial charge in [-0.1, -0.05) is 13.8 Å². The molecule has 1 aromatic rings. The van der Waals surface area contributed by atoms with Gasteiger partial charge < -0.3 is 9.73 Å². The van der Waals surface area contributed by atoms with E-state index in [1.165, 1.54) is 12.0 Å². The fraction of sp³-hybridized carbons (Fsp3) is 0.692. The Labute approximate surface area is 97.8 Å². The minimum atomic E-state index is 0.529. The normalized spacial score (nSPS) is 20.2. The number of nitrogens with one attached hydrogen (secondary N) is 1. The van der Waals surface area contributed by atoms with Crippen LogP contribution in [0.15, 0.2) is 23.0 Å². The Morgan fingerprint density at radius 3 is 2.69 bits per heavy atom. The molecule has 16 heavy (non-hydrogen) atoms.